The molecule has 0 aliphatic carbocycles. The van der Waals surface area contributed by atoms with Crippen LogP contribution in [-0.2, 0) is 14.3 Å². The molecule has 2 N–H and O–H groups in total. The van der Waals surface area contributed by atoms with E-state index in [-0.39, 0.29) is 12.0 Å². The first-order valence-electron chi connectivity index (χ1n) is 6.39. The first-order valence-corrected chi connectivity index (χ1v) is 6.39. The highest BCUT2D eigenvalue weighted by Gasteiger charge is 2.39. The van der Waals surface area contributed by atoms with Crippen LogP contribution in [0, 0.1) is 0 Å². The topological polar surface area (TPSA) is 64.8 Å². The number of amides is 1. The minimum atomic E-state index is -0.720. The van der Waals surface area contributed by atoms with Crippen LogP contribution in [0.15, 0.2) is 0 Å². The predicted molar refractivity (Wildman–Crippen MR) is 63.6 cm³/mol. The summed E-state index contributed by atoms with van der Waals surface area (Å²) in [5, 5.41) is 0. The SMILES string of the molecule is CC1CN(C(=O)C2(N)CCOCC2)CCCO1. The maximum absolute atomic E-state index is 12.5. The van der Waals surface area contributed by atoms with E-state index in [1.807, 2.05) is 11.8 Å². The lowest BCUT2D eigenvalue weighted by Crippen LogP contribution is -2.58. The molecule has 0 aromatic carbocycles. The molecular formula is C12H22N2O3. The molecule has 2 saturated heterocycles. The molecule has 2 aliphatic heterocycles. The smallest absolute Gasteiger partial charge is 0.242 e. The predicted octanol–water partition coefficient (Wildman–Crippen LogP) is 0.132. The average Bonchev–Trinajstić information content (AvgIpc) is 2.54. The van der Waals surface area contributed by atoms with Crippen LogP contribution >= 0.6 is 0 Å². The van der Waals surface area contributed by atoms with Crippen molar-refractivity contribution < 1.29 is 14.3 Å². The maximum atomic E-state index is 12.5. The Morgan fingerprint density at radius 1 is 1.35 bits per heavy atom. The van der Waals surface area contributed by atoms with Crippen LogP contribution in [0.25, 0.3) is 0 Å². The van der Waals surface area contributed by atoms with Crippen LogP contribution in [0.3, 0.4) is 0 Å². The molecule has 0 aromatic rings. The van der Waals surface area contributed by atoms with Gasteiger partial charge in [-0.25, -0.2) is 0 Å². The van der Waals surface area contributed by atoms with Gasteiger partial charge in [-0.1, -0.05) is 0 Å². The minimum absolute atomic E-state index is 0.0677. The van der Waals surface area contributed by atoms with Gasteiger partial charge in [0, 0.05) is 32.9 Å². The van der Waals surface area contributed by atoms with Crippen LogP contribution < -0.4 is 5.73 Å². The Hall–Kier alpha value is -0.650. The fraction of sp³-hybridized carbons (Fsp3) is 0.917. The fourth-order valence-corrected chi connectivity index (χ4v) is 2.44. The van der Waals surface area contributed by atoms with E-state index >= 15 is 0 Å². The molecule has 2 fully saturated rings. The Labute approximate surface area is 102 Å². The van der Waals surface area contributed by atoms with Crippen LogP contribution in [0.1, 0.15) is 26.2 Å². The summed E-state index contributed by atoms with van der Waals surface area (Å²) in [6, 6.07) is 0. The van der Waals surface area contributed by atoms with Gasteiger partial charge in [0.05, 0.1) is 11.6 Å². The van der Waals surface area contributed by atoms with E-state index in [0.717, 1.165) is 19.6 Å². The first-order chi connectivity index (χ1) is 8.12. The van der Waals surface area contributed by atoms with E-state index in [0.29, 0.717) is 32.6 Å². The Kier molecular flexibility index (Phi) is 4.01. The van der Waals surface area contributed by atoms with E-state index in [9.17, 15) is 4.79 Å². The fourth-order valence-electron chi connectivity index (χ4n) is 2.44. The van der Waals surface area contributed by atoms with Crippen LogP contribution in [-0.4, -0.2) is 55.4 Å². The van der Waals surface area contributed by atoms with E-state index in [2.05, 4.69) is 0 Å². The second kappa shape index (κ2) is 5.33. The van der Waals surface area contributed by atoms with E-state index in [1.54, 1.807) is 0 Å². The largest absolute Gasteiger partial charge is 0.381 e. The molecule has 2 rings (SSSR count). The number of nitrogens with zero attached hydrogens (tertiary/aromatic N) is 1. The summed E-state index contributed by atoms with van der Waals surface area (Å²) in [7, 11) is 0. The molecule has 17 heavy (non-hydrogen) atoms. The summed E-state index contributed by atoms with van der Waals surface area (Å²) in [4.78, 5) is 14.3. The van der Waals surface area contributed by atoms with Gasteiger partial charge in [-0.05, 0) is 26.2 Å². The summed E-state index contributed by atoms with van der Waals surface area (Å²) in [6.45, 7) is 5.30. The molecule has 5 nitrogen and oxygen atoms in total. The molecule has 1 amide bonds. The van der Waals surface area contributed by atoms with Gasteiger partial charge in [0.2, 0.25) is 5.91 Å². The molecule has 0 saturated carbocycles. The summed E-state index contributed by atoms with van der Waals surface area (Å²) in [6.07, 6.45) is 2.24. The third-order valence-corrected chi connectivity index (χ3v) is 3.55. The zero-order chi connectivity index (χ0) is 12.3. The number of ether oxygens (including phenoxy) is 2. The maximum Gasteiger partial charge on any atom is 0.242 e. The highest BCUT2D eigenvalue weighted by molar-refractivity contribution is 5.86. The summed E-state index contributed by atoms with van der Waals surface area (Å²) < 4.78 is 10.8. The van der Waals surface area contributed by atoms with Gasteiger partial charge in [-0.3, -0.25) is 4.79 Å². The molecule has 0 radical (unpaired) electrons. The zero-order valence-corrected chi connectivity index (χ0v) is 10.5. The standard InChI is InChI=1S/C12H22N2O3/c1-10-9-14(5-2-6-17-10)11(15)12(13)3-7-16-8-4-12/h10H,2-9,13H2,1H3. The first kappa shape index (κ1) is 12.8. The van der Waals surface area contributed by atoms with Gasteiger partial charge in [0.15, 0.2) is 0 Å². The molecule has 5 heteroatoms. The quantitative estimate of drug-likeness (QED) is 0.710. The summed E-state index contributed by atoms with van der Waals surface area (Å²) in [5.74, 6) is 0.0677. The normalized spacial score (nSPS) is 29.8. The molecule has 0 bridgehead atoms. The second-order valence-corrected chi connectivity index (χ2v) is 5.05. The van der Waals surface area contributed by atoms with Crippen LogP contribution in [0.2, 0.25) is 0 Å². The van der Waals surface area contributed by atoms with Crippen LogP contribution in [0.5, 0.6) is 0 Å². The van der Waals surface area contributed by atoms with Gasteiger partial charge in [-0.15, -0.1) is 0 Å². The zero-order valence-electron chi connectivity index (χ0n) is 10.5. The molecule has 98 valence electrons. The molecule has 0 spiro atoms. The number of hydrogen-bond donors (Lipinski definition) is 1. The number of hydrogen-bond acceptors (Lipinski definition) is 4. The highest BCUT2D eigenvalue weighted by Crippen LogP contribution is 2.21. The molecule has 2 heterocycles. The Balaban J connectivity index is 2.01. The van der Waals surface area contributed by atoms with Crippen molar-refractivity contribution in [2.75, 3.05) is 32.9 Å². The number of rotatable bonds is 1. The Morgan fingerprint density at radius 3 is 2.76 bits per heavy atom. The van der Waals surface area contributed by atoms with E-state index in [4.69, 9.17) is 15.2 Å². The van der Waals surface area contributed by atoms with Gasteiger partial charge >= 0.3 is 0 Å². The van der Waals surface area contributed by atoms with E-state index < -0.39 is 5.54 Å². The van der Waals surface area contributed by atoms with Crippen molar-refractivity contribution in [1.29, 1.82) is 0 Å². The lowest BCUT2D eigenvalue weighted by atomic mass is 9.89. The molecule has 1 atom stereocenters. The lowest BCUT2D eigenvalue weighted by Gasteiger charge is -2.36. The van der Waals surface area contributed by atoms with Crippen LogP contribution in [0.4, 0.5) is 0 Å². The summed E-state index contributed by atoms with van der Waals surface area (Å²) in [5.41, 5.74) is 5.50. The monoisotopic (exact) mass is 242 g/mol. The third kappa shape index (κ3) is 2.97. The van der Waals surface area contributed by atoms with Gasteiger partial charge in [-0.2, -0.15) is 0 Å². The Morgan fingerprint density at radius 2 is 2.06 bits per heavy atom. The van der Waals surface area contributed by atoms with Gasteiger partial charge < -0.3 is 20.1 Å². The van der Waals surface area contributed by atoms with Gasteiger partial charge in [0.1, 0.15) is 0 Å². The third-order valence-electron chi connectivity index (χ3n) is 3.55. The average molecular weight is 242 g/mol. The van der Waals surface area contributed by atoms with Crippen molar-refractivity contribution in [3.05, 3.63) is 0 Å². The summed E-state index contributed by atoms with van der Waals surface area (Å²) >= 11 is 0. The van der Waals surface area contributed by atoms with Gasteiger partial charge in [0.25, 0.3) is 0 Å². The van der Waals surface area contributed by atoms with Crippen molar-refractivity contribution in [2.24, 2.45) is 5.73 Å². The van der Waals surface area contributed by atoms with Crippen molar-refractivity contribution in [1.82, 2.24) is 4.90 Å². The molecule has 0 aromatic heterocycles. The number of carbonyl (C=O) groups is 1. The van der Waals surface area contributed by atoms with Crippen molar-refractivity contribution >= 4 is 5.91 Å². The molecular weight excluding hydrogens is 220 g/mol. The second-order valence-electron chi connectivity index (χ2n) is 5.05. The lowest BCUT2D eigenvalue weighted by molar-refractivity contribution is -0.141. The Bertz CT molecular complexity index is 277. The highest BCUT2D eigenvalue weighted by atomic mass is 16.5. The number of nitrogens with two attached hydrogens (primary N) is 1. The van der Waals surface area contributed by atoms with E-state index in [1.165, 1.54) is 0 Å². The van der Waals surface area contributed by atoms with Crippen molar-refractivity contribution in [3.8, 4) is 0 Å². The van der Waals surface area contributed by atoms with Crippen molar-refractivity contribution in [3.63, 3.8) is 0 Å². The molecule has 2 aliphatic rings. The number of carbonyl (C=O) groups excluding carboxylic acids is 1. The molecule has 1 unspecified atom stereocenters. The van der Waals surface area contributed by atoms with Crippen molar-refractivity contribution in [2.45, 2.75) is 37.8 Å². The minimum Gasteiger partial charge on any atom is -0.381 e.